The SMILES string of the molecule is Clc1cccc(Cl)c1COc1ccc(Br)cc1CNCCCSc1nnnn1-c1ccccc1. The van der Waals surface area contributed by atoms with Gasteiger partial charge in [-0.1, -0.05) is 75.2 Å². The number of aromatic nitrogens is 4. The fourth-order valence-corrected chi connectivity index (χ4v) is 4.98. The van der Waals surface area contributed by atoms with E-state index >= 15 is 0 Å². The third-order valence-electron chi connectivity index (χ3n) is 4.94. The van der Waals surface area contributed by atoms with Gasteiger partial charge in [0.15, 0.2) is 0 Å². The third kappa shape index (κ3) is 6.73. The number of nitrogens with zero attached hydrogens (tertiary/aromatic N) is 4. The lowest BCUT2D eigenvalue weighted by atomic mass is 10.2. The number of para-hydroxylation sites is 1. The van der Waals surface area contributed by atoms with Gasteiger partial charge in [0.25, 0.3) is 0 Å². The van der Waals surface area contributed by atoms with Crippen LogP contribution >= 0.6 is 50.9 Å². The maximum absolute atomic E-state index is 6.27. The van der Waals surface area contributed by atoms with Gasteiger partial charge in [0.05, 0.1) is 5.69 Å². The number of tetrazole rings is 1. The number of ether oxygens (including phenoxy) is 1. The summed E-state index contributed by atoms with van der Waals surface area (Å²) in [6.45, 7) is 1.83. The molecule has 0 aliphatic rings. The molecule has 0 spiro atoms. The molecule has 0 unspecified atom stereocenters. The van der Waals surface area contributed by atoms with E-state index in [9.17, 15) is 0 Å². The molecule has 0 atom stereocenters. The van der Waals surface area contributed by atoms with Crippen LogP contribution in [0.5, 0.6) is 5.75 Å². The van der Waals surface area contributed by atoms with Gasteiger partial charge < -0.3 is 10.1 Å². The number of halogens is 3. The molecule has 0 amide bonds. The molecular weight excluding hydrogens is 557 g/mol. The summed E-state index contributed by atoms with van der Waals surface area (Å²) in [5.74, 6) is 1.69. The highest BCUT2D eigenvalue weighted by Gasteiger charge is 2.10. The van der Waals surface area contributed by atoms with Crippen LogP contribution in [0.25, 0.3) is 5.69 Å². The van der Waals surface area contributed by atoms with Crippen molar-refractivity contribution in [2.75, 3.05) is 12.3 Å². The van der Waals surface area contributed by atoms with Crippen molar-refractivity contribution in [2.45, 2.75) is 24.7 Å². The van der Waals surface area contributed by atoms with Crippen molar-refractivity contribution in [3.8, 4) is 11.4 Å². The molecule has 0 radical (unpaired) electrons. The Bertz CT molecular complexity index is 1200. The average Bonchev–Trinajstić information content (AvgIpc) is 3.31. The van der Waals surface area contributed by atoms with Crippen LogP contribution in [0.15, 0.2) is 76.4 Å². The van der Waals surface area contributed by atoms with Gasteiger partial charge in [0, 0.05) is 37.9 Å². The van der Waals surface area contributed by atoms with Crippen molar-refractivity contribution >= 4 is 50.9 Å². The predicted octanol–water partition coefficient (Wildman–Crippen LogP) is 6.58. The molecule has 1 aromatic heterocycles. The minimum Gasteiger partial charge on any atom is -0.488 e. The van der Waals surface area contributed by atoms with Crippen LogP contribution < -0.4 is 10.1 Å². The number of hydrogen-bond donors (Lipinski definition) is 1. The Morgan fingerprint density at radius 2 is 1.79 bits per heavy atom. The van der Waals surface area contributed by atoms with Crippen LogP contribution in [0.3, 0.4) is 0 Å². The summed E-state index contributed by atoms with van der Waals surface area (Å²) in [5, 5.41) is 17.5. The first-order chi connectivity index (χ1) is 16.6. The molecule has 0 fully saturated rings. The van der Waals surface area contributed by atoms with Crippen LogP contribution in [0, 0.1) is 0 Å². The first kappa shape index (κ1) is 25.0. The van der Waals surface area contributed by atoms with Gasteiger partial charge in [-0.2, -0.15) is 4.68 Å². The Labute approximate surface area is 221 Å². The average molecular weight is 579 g/mol. The second-order valence-corrected chi connectivity index (χ2v) is 10.1. The van der Waals surface area contributed by atoms with E-state index in [1.807, 2.05) is 60.7 Å². The third-order valence-corrected chi connectivity index (χ3v) is 7.15. The summed E-state index contributed by atoms with van der Waals surface area (Å²) in [4.78, 5) is 0. The highest BCUT2D eigenvalue weighted by molar-refractivity contribution is 9.10. The van der Waals surface area contributed by atoms with Crippen molar-refractivity contribution in [3.05, 3.63) is 92.4 Å². The van der Waals surface area contributed by atoms with E-state index in [4.69, 9.17) is 27.9 Å². The summed E-state index contributed by atoms with van der Waals surface area (Å²) in [6, 6.07) is 21.3. The smallest absolute Gasteiger partial charge is 0.214 e. The van der Waals surface area contributed by atoms with Crippen LogP contribution in [-0.4, -0.2) is 32.5 Å². The van der Waals surface area contributed by atoms with Gasteiger partial charge in [0.1, 0.15) is 12.4 Å². The highest BCUT2D eigenvalue weighted by Crippen LogP contribution is 2.28. The van der Waals surface area contributed by atoms with Crippen molar-refractivity contribution in [3.63, 3.8) is 0 Å². The topological polar surface area (TPSA) is 64.9 Å². The summed E-state index contributed by atoms with van der Waals surface area (Å²) >= 11 is 17.7. The molecule has 0 bridgehead atoms. The molecule has 6 nitrogen and oxygen atoms in total. The van der Waals surface area contributed by atoms with E-state index in [0.717, 1.165) is 50.9 Å². The molecular formula is C24H22BrCl2N5OS. The predicted molar refractivity (Wildman–Crippen MR) is 141 cm³/mol. The minimum atomic E-state index is 0.305. The number of hydrogen-bond acceptors (Lipinski definition) is 6. The Morgan fingerprint density at radius 3 is 2.59 bits per heavy atom. The molecule has 176 valence electrons. The summed E-state index contributed by atoms with van der Waals surface area (Å²) in [5.41, 5.74) is 2.79. The largest absolute Gasteiger partial charge is 0.488 e. The van der Waals surface area contributed by atoms with Crippen LogP contribution in [0.1, 0.15) is 17.5 Å². The summed E-state index contributed by atoms with van der Waals surface area (Å²) in [6.07, 6.45) is 0.964. The molecule has 0 saturated carbocycles. The molecule has 1 N–H and O–H groups in total. The van der Waals surface area contributed by atoms with E-state index < -0.39 is 0 Å². The first-order valence-corrected chi connectivity index (χ1v) is 13.2. The summed E-state index contributed by atoms with van der Waals surface area (Å²) < 4.78 is 8.82. The van der Waals surface area contributed by atoms with Crippen LogP contribution in [0.2, 0.25) is 10.0 Å². The number of nitrogens with one attached hydrogen (secondary N) is 1. The van der Waals surface area contributed by atoms with Gasteiger partial charge >= 0.3 is 0 Å². The molecule has 10 heteroatoms. The van der Waals surface area contributed by atoms with Gasteiger partial charge in [0.2, 0.25) is 5.16 Å². The fraction of sp³-hybridized carbons (Fsp3) is 0.208. The zero-order valence-corrected chi connectivity index (χ0v) is 22.0. The lowest BCUT2D eigenvalue weighted by Crippen LogP contribution is -2.16. The first-order valence-electron chi connectivity index (χ1n) is 10.6. The zero-order valence-electron chi connectivity index (χ0n) is 18.1. The van der Waals surface area contributed by atoms with Crippen molar-refractivity contribution < 1.29 is 4.74 Å². The number of rotatable bonds is 11. The van der Waals surface area contributed by atoms with E-state index in [-0.39, 0.29) is 0 Å². The van der Waals surface area contributed by atoms with Gasteiger partial charge in [-0.15, -0.1) is 5.10 Å². The molecule has 0 aliphatic carbocycles. The van der Waals surface area contributed by atoms with Crippen molar-refractivity contribution in [1.29, 1.82) is 0 Å². The van der Waals surface area contributed by atoms with Gasteiger partial charge in [-0.05, 0) is 65.9 Å². The molecule has 3 aromatic carbocycles. The van der Waals surface area contributed by atoms with Crippen molar-refractivity contribution in [1.82, 2.24) is 25.5 Å². The summed E-state index contributed by atoms with van der Waals surface area (Å²) in [7, 11) is 0. The van der Waals surface area contributed by atoms with Gasteiger partial charge in [-0.25, -0.2) is 0 Å². The van der Waals surface area contributed by atoms with Crippen molar-refractivity contribution in [2.24, 2.45) is 0 Å². The van der Waals surface area contributed by atoms with Gasteiger partial charge in [-0.3, -0.25) is 0 Å². The minimum absolute atomic E-state index is 0.305. The number of thioether (sulfide) groups is 1. The fourth-order valence-electron chi connectivity index (χ4n) is 3.23. The lowest BCUT2D eigenvalue weighted by molar-refractivity contribution is 0.302. The van der Waals surface area contributed by atoms with Crippen LogP contribution in [-0.2, 0) is 13.2 Å². The molecule has 34 heavy (non-hydrogen) atoms. The maximum Gasteiger partial charge on any atom is 0.214 e. The van der Waals surface area contributed by atoms with E-state index in [2.05, 4.69) is 42.8 Å². The van der Waals surface area contributed by atoms with E-state index in [0.29, 0.717) is 23.2 Å². The number of benzene rings is 3. The lowest BCUT2D eigenvalue weighted by Gasteiger charge is -2.14. The van der Waals surface area contributed by atoms with E-state index in [1.165, 1.54) is 0 Å². The Balaban J connectivity index is 1.26. The monoisotopic (exact) mass is 577 g/mol. The second-order valence-electron chi connectivity index (χ2n) is 7.33. The maximum atomic E-state index is 6.27. The zero-order chi connectivity index (χ0) is 23.8. The molecule has 1 heterocycles. The highest BCUT2D eigenvalue weighted by atomic mass is 79.9. The molecule has 0 aliphatic heterocycles. The molecule has 0 saturated heterocycles. The quantitative estimate of drug-likeness (QED) is 0.160. The Hall–Kier alpha value is -2.10. The standard InChI is InChI=1S/C24H22BrCl2N5OS/c25-18-10-11-23(33-16-20-21(26)8-4-9-22(20)27)17(14-18)15-28-12-5-13-34-24-29-30-31-32(24)19-6-2-1-3-7-19/h1-4,6-11,14,28H,5,12-13,15-16H2. The molecule has 4 aromatic rings. The molecule has 4 rings (SSSR count). The second kappa shape index (κ2) is 12.6. The normalized spacial score (nSPS) is 11.0. The Kier molecular flexibility index (Phi) is 9.24. The van der Waals surface area contributed by atoms with E-state index in [1.54, 1.807) is 16.4 Å². The van der Waals surface area contributed by atoms with Crippen LogP contribution in [0.4, 0.5) is 0 Å². The Morgan fingerprint density at radius 1 is 1.00 bits per heavy atom.